The second-order valence-corrected chi connectivity index (χ2v) is 4.79. The fraction of sp³-hybridized carbons (Fsp3) is 0.500. The van der Waals surface area contributed by atoms with Crippen LogP contribution in [0.25, 0.3) is 0 Å². The van der Waals surface area contributed by atoms with Gasteiger partial charge in [0, 0.05) is 19.6 Å². The first kappa shape index (κ1) is 12.3. The lowest BCUT2D eigenvalue weighted by Crippen LogP contribution is -2.47. The van der Waals surface area contributed by atoms with E-state index in [2.05, 4.69) is 5.32 Å². The molecule has 1 atom stereocenters. The van der Waals surface area contributed by atoms with Crippen molar-refractivity contribution in [3.63, 3.8) is 0 Å². The maximum atomic E-state index is 12.4. The first-order valence-corrected chi connectivity index (χ1v) is 6.72. The summed E-state index contributed by atoms with van der Waals surface area (Å²) in [6.07, 6.45) is 0.462. The Morgan fingerprint density at radius 3 is 2.95 bits per heavy atom. The van der Waals surface area contributed by atoms with Crippen LogP contribution in [0, 0.1) is 0 Å². The molecule has 2 aliphatic heterocycles. The summed E-state index contributed by atoms with van der Waals surface area (Å²) in [5.74, 6) is 1.39. The third-order valence-corrected chi connectivity index (χ3v) is 3.44. The Labute approximate surface area is 112 Å². The number of amides is 1. The lowest BCUT2D eigenvalue weighted by Gasteiger charge is -2.30. The average molecular weight is 262 g/mol. The summed E-state index contributed by atoms with van der Waals surface area (Å²) < 4.78 is 11.3. The summed E-state index contributed by atoms with van der Waals surface area (Å²) in [4.78, 5) is 14.3. The third kappa shape index (κ3) is 2.66. The molecule has 102 valence electrons. The van der Waals surface area contributed by atoms with Gasteiger partial charge >= 0.3 is 0 Å². The molecule has 2 heterocycles. The minimum absolute atomic E-state index is 0.0261. The predicted molar refractivity (Wildman–Crippen MR) is 70.4 cm³/mol. The minimum Gasteiger partial charge on any atom is -0.485 e. The van der Waals surface area contributed by atoms with Crippen LogP contribution in [0.2, 0.25) is 0 Å². The van der Waals surface area contributed by atoms with Crippen molar-refractivity contribution in [1.82, 2.24) is 10.2 Å². The molecule has 1 aromatic carbocycles. The van der Waals surface area contributed by atoms with E-state index < -0.39 is 6.10 Å². The average Bonchev–Trinajstić information content (AvgIpc) is 2.75. The molecule has 5 nitrogen and oxygen atoms in total. The Morgan fingerprint density at radius 1 is 1.21 bits per heavy atom. The maximum absolute atomic E-state index is 12.4. The van der Waals surface area contributed by atoms with Crippen molar-refractivity contribution in [3.05, 3.63) is 24.3 Å². The van der Waals surface area contributed by atoms with Gasteiger partial charge in [0.2, 0.25) is 6.10 Å². The second-order valence-electron chi connectivity index (χ2n) is 4.79. The number of benzene rings is 1. The van der Waals surface area contributed by atoms with E-state index in [9.17, 15) is 4.79 Å². The molecule has 0 radical (unpaired) electrons. The highest BCUT2D eigenvalue weighted by Gasteiger charge is 2.31. The van der Waals surface area contributed by atoms with Crippen LogP contribution < -0.4 is 14.8 Å². The van der Waals surface area contributed by atoms with Gasteiger partial charge in [-0.15, -0.1) is 0 Å². The largest absolute Gasteiger partial charge is 0.485 e. The van der Waals surface area contributed by atoms with E-state index in [-0.39, 0.29) is 5.91 Å². The number of ether oxygens (including phenoxy) is 2. The molecule has 5 heteroatoms. The Morgan fingerprint density at radius 2 is 2.05 bits per heavy atom. The van der Waals surface area contributed by atoms with Crippen molar-refractivity contribution >= 4 is 5.91 Å². The van der Waals surface area contributed by atoms with Crippen LogP contribution in [0.15, 0.2) is 24.3 Å². The molecule has 0 aliphatic carbocycles. The Bertz CT molecular complexity index is 456. The second kappa shape index (κ2) is 5.48. The summed E-state index contributed by atoms with van der Waals surface area (Å²) in [6, 6.07) is 7.46. The molecule has 3 rings (SSSR count). The van der Waals surface area contributed by atoms with E-state index >= 15 is 0 Å². The summed E-state index contributed by atoms with van der Waals surface area (Å²) in [6.45, 7) is 3.62. The molecule has 1 N–H and O–H groups in total. The van der Waals surface area contributed by atoms with Crippen molar-refractivity contribution in [2.75, 3.05) is 32.8 Å². The van der Waals surface area contributed by atoms with Crippen LogP contribution in [-0.2, 0) is 4.79 Å². The van der Waals surface area contributed by atoms with E-state index in [1.165, 1.54) is 0 Å². The molecule has 2 aliphatic rings. The molecule has 0 saturated carbocycles. The maximum Gasteiger partial charge on any atom is 0.267 e. The van der Waals surface area contributed by atoms with Crippen molar-refractivity contribution in [1.29, 1.82) is 0 Å². The SMILES string of the molecule is O=C(C1COc2ccccc2O1)N1CCCNCC1. The monoisotopic (exact) mass is 262 g/mol. The number of rotatable bonds is 1. The standard InChI is InChI=1S/C14H18N2O3/c17-14(16-8-3-6-15-7-9-16)13-10-18-11-4-1-2-5-12(11)19-13/h1-2,4-5,13,15H,3,6-10H2. The summed E-state index contributed by atoms with van der Waals surface area (Å²) in [7, 11) is 0. The molecule has 0 spiro atoms. The number of hydrogen-bond donors (Lipinski definition) is 1. The van der Waals surface area contributed by atoms with Crippen LogP contribution in [0.5, 0.6) is 11.5 Å². The fourth-order valence-corrected chi connectivity index (χ4v) is 2.41. The van der Waals surface area contributed by atoms with E-state index in [0.29, 0.717) is 18.1 Å². The number of fused-ring (bicyclic) bond motifs is 1. The molecule has 1 aromatic rings. The number of nitrogens with one attached hydrogen (secondary N) is 1. The molecule has 1 amide bonds. The smallest absolute Gasteiger partial charge is 0.267 e. The quantitative estimate of drug-likeness (QED) is 0.807. The van der Waals surface area contributed by atoms with Gasteiger partial charge in [0.05, 0.1) is 0 Å². The summed E-state index contributed by atoms with van der Waals surface area (Å²) >= 11 is 0. The lowest BCUT2D eigenvalue weighted by molar-refractivity contribution is -0.141. The van der Waals surface area contributed by atoms with E-state index in [0.717, 1.165) is 32.6 Å². The van der Waals surface area contributed by atoms with Crippen LogP contribution in [-0.4, -0.2) is 49.7 Å². The molecule has 0 aromatic heterocycles. The first-order valence-electron chi connectivity index (χ1n) is 6.72. The van der Waals surface area contributed by atoms with Crippen molar-refractivity contribution in [3.8, 4) is 11.5 Å². The van der Waals surface area contributed by atoms with Crippen LogP contribution in [0.3, 0.4) is 0 Å². The topological polar surface area (TPSA) is 50.8 Å². The van der Waals surface area contributed by atoms with Gasteiger partial charge in [-0.1, -0.05) is 12.1 Å². The number of hydrogen-bond acceptors (Lipinski definition) is 4. The molecule has 19 heavy (non-hydrogen) atoms. The predicted octanol–water partition coefficient (Wildman–Crippen LogP) is 0.648. The number of para-hydroxylation sites is 2. The van der Waals surface area contributed by atoms with Gasteiger partial charge in [-0.2, -0.15) is 0 Å². The fourth-order valence-electron chi connectivity index (χ4n) is 2.41. The van der Waals surface area contributed by atoms with Crippen LogP contribution in [0.4, 0.5) is 0 Å². The highest BCUT2D eigenvalue weighted by Crippen LogP contribution is 2.31. The van der Waals surface area contributed by atoms with Crippen molar-refractivity contribution < 1.29 is 14.3 Å². The molecular weight excluding hydrogens is 244 g/mol. The number of carbonyl (C=O) groups is 1. The Hall–Kier alpha value is -1.75. The van der Waals surface area contributed by atoms with Gasteiger partial charge in [0.25, 0.3) is 5.91 Å². The summed E-state index contributed by atoms with van der Waals surface area (Å²) in [5.41, 5.74) is 0. The highest BCUT2D eigenvalue weighted by atomic mass is 16.6. The third-order valence-electron chi connectivity index (χ3n) is 3.44. The van der Waals surface area contributed by atoms with Gasteiger partial charge < -0.3 is 19.7 Å². The van der Waals surface area contributed by atoms with E-state index in [4.69, 9.17) is 9.47 Å². The zero-order valence-corrected chi connectivity index (χ0v) is 10.8. The zero-order valence-electron chi connectivity index (χ0n) is 10.8. The van der Waals surface area contributed by atoms with Gasteiger partial charge in [-0.25, -0.2) is 0 Å². The molecule has 0 bridgehead atoms. The molecule has 1 unspecified atom stereocenters. The minimum atomic E-state index is -0.520. The van der Waals surface area contributed by atoms with E-state index in [1.807, 2.05) is 29.2 Å². The summed E-state index contributed by atoms with van der Waals surface area (Å²) in [5, 5.41) is 3.28. The van der Waals surface area contributed by atoms with Gasteiger partial charge in [-0.3, -0.25) is 4.79 Å². The molecule has 1 fully saturated rings. The lowest BCUT2D eigenvalue weighted by atomic mass is 10.2. The highest BCUT2D eigenvalue weighted by molar-refractivity contribution is 5.82. The van der Waals surface area contributed by atoms with Gasteiger partial charge in [0.15, 0.2) is 11.5 Å². The number of carbonyl (C=O) groups excluding carboxylic acids is 1. The first-order chi connectivity index (χ1) is 9.34. The molecule has 1 saturated heterocycles. The van der Waals surface area contributed by atoms with Gasteiger partial charge in [-0.05, 0) is 25.1 Å². The Balaban J connectivity index is 1.68. The normalized spacial score (nSPS) is 22.7. The zero-order chi connectivity index (χ0) is 13.1. The van der Waals surface area contributed by atoms with Crippen LogP contribution >= 0.6 is 0 Å². The van der Waals surface area contributed by atoms with Crippen molar-refractivity contribution in [2.24, 2.45) is 0 Å². The molecular formula is C14H18N2O3. The Kier molecular flexibility index (Phi) is 3.55. The number of nitrogens with zero attached hydrogens (tertiary/aromatic N) is 1. The van der Waals surface area contributed by atoms with Crippen molar-refractivity contribution in [2.45, 2.75) is 12.5 Å². The van der Waals surface area contributed by atoms with E-state index in [1.54, 1.807) is 0 Å². The van der Waals surface area contributed by atoms with Gasteiger partial charge in [0.1, 0.15) is 6.61 Å². The van der Waals surface area contributed by atoms with Crippen LogP contribution in [0.1, 0.15) is 6.42 Å².